The number of aliphatic hydroxyl groups excluding tert-OH is 3. The number of aliphatic imine (C=N–C) groups is 1. The van der Waals surface area contributed by atoms with E-state index in [4.69, 9.17) is 28.0 Å². The first-order chi connectivity index (χ1) is 41.9. The Bertz CT molecular complexity index is 2850. The molecule has 4 heterocycles. The smallest absolute Gasteiger partial charge is 0.326 e. The van der Waals surface area contributed by atoms with Crippen molar-refractivity contribution in [2.45, 2.75) is 183 Å². The van der Waals surface area contributed by atoms with E-state index in [2.05, 4.69) is 67.5 Å². The number of rotatable bonds is 35. The van der Waals surface area contributed by atoms with E-state index in [1.807, 2.05) is 0 Å². The summed E-state index contributed by atoms with van der Waals surface area (Å²) in [5.41, 5.74) is 22.9. The molecule has 2 aromatic rings. The maximum Gasteiger partial charge on any atom is 0.326 e. The maximum absolute atomic E-state index is 14.1. The van der Waals surface area contributed by atoms with Gasteiger partial charge in [-0.05, 0) is 72.6 Å². The number of aromatic amines is 2. The van der Waals surface area contributed by atoms with Crippen LogP contribution in [0.1, 0.15) is 96.9 Å². The molecule has 492 valence electrons. The largest absolute Gasteiger partial charge is 0.481 e. The molecule has 4 rings (SSSR count). The number of hydrogen-bond donors (Lipinski definition) is 19. The highest BCUT2D eigenvalue weighted by Gasteiger charge is 2.43. The van der Waals surface area contributed by atoms with Crippen molar-refractivity contribution in [2.24, 2.45) is 27.9 Å². The number of imidazole rings is 2. The summed E-state index contributed by atoms with van der Waals surface area (Å²) in [7, 11) is 0. The highest BCUT2D eigenvalue weighted by atomic mass is 16.4. The molecule has 11 amide bonds. The molecule has 0 bridgehead atoms. The second-order valence-electron chi connectivity index (χ2n) is 21.6. The van der Waals surface area contributed by atoms with Crippen LogP contribution >= 0.6 is 0 Å². The number of nitrogens with two attached hydrogens (primary N) is 4. The van der Waals surface area contributed by atoms with Gasteiger partial charge < -0.3 is 111 Å². The molecular weight excluding hydrogens is 1180 g/mol. The Morgan fingerprint density at radius 3 is 1.54 bits per heavy atom. The van der Waals surface area contributed by atoms with E-state index in [9.17, 15) is 82.8 Å². The first kappa shape index (κ1) is 72.1. The summed E-state index contributed by atoms with van der Waals surface area (Å²) in [6, 6.07) is -17.2. The summed E-state index contributed by atoms with van der Waals surface area (Å²) in [5, 5.41) is 69.4. The van der Waals surface area contributed by atoms with Gasteiger partial charge in [0.15, 0.2) is 5.96 Å². The number of aliphatic carboxylic acids is 2. The van der Waals surface area contributed by atoms with Gasteiger partial charge in [-0.15, -0.1) is 0 Å². The van der Waals surface area contributed by atoms with Crippen LogP contribution in [0.2, 0.25) is 0 Å². The molecule has 37 heteroatoms. The van der Waals surface area contributed by atoms with E-state index >= 15 is 0 Å². The van der Waals surface area contributed by atoms with Crippen molar-refractivity contribution in [2.75, 3.05) is 19.6 Å². The number of carbonyl (C=O) groups is 13. The summed E-state index contributed by atoms with van der Waals surface area (Å²) < 4.78 is 0. The number of likely N-dealkylation sites (tertiary alicyclic amines) is 2. The van der Waals surface area contributed by atoms with Gasteiger partial charge in [0.1, 0.15) is 66.5 Å². The predicted octanol–water partition coefficient (Wildman–Crippen LogP) is -8.85. The van der Waals surface area contributed by atoms with Crippen LogP contribution in [0.4, 0.5) is 0 Å². The second-order valence-corrected chi connectivity index (χ2v) is 21.6. The fourth-order valence-electron chi connectivity index (χ4n) is 9.59. The Morgan fingerprint density at radius 1 is 0.584 bits per heavy atom. The van der Waals surface area contributed by atoms with Gasteiger partial charge in [0.2, 0.25) is 65.0 Å². The number of carbonyl (C=O) groups excluding carboxylic acids is 11. The van der Waals surface area contributed by atoms with E-state index in [1.165, 1.54) is 36.9 Å². The number of aromatic nitrogens is 4. The standard InChI is InChI=1S/C52H81N19O18/c1-23(62-43(80)31(16-27-19-57-21-60-27)67-48(85)39(25(3)73)68-45(82)32(17-28-20-58-22-61-28)66-47(84)34-9-6-14-70(34)49(86)38(54)24(2)72)41(78)65-33(18-36(53)75)44(81)63-29(8-5-13-59-52(55)56)42(79)69-40(26(4)74)50(87)71-15-7-10-35(71)46(83)64-30(51(88)89)11-12-37(76)77/h19-26,29-35,38-40,72-74H,5-18,54H2,1-4H3,(H2,53,75)(H,57,60)(H,58,61)(H,62,80)(H,63,81)(H,64,83)(H,65,78)(H,66,84)(H,67,85)(H,68,82)(H,69,79)(H,76,77)(H,88,89)(H4,55,56,59)/t23-,24+,25+,26+,29-,30-,31-,32-,33-,34-,35-,38-,39-,40-/m0/s1. The maximum atomic E-state index is 14.1. The molecule has 2 aliphatic rings. The third kappa shape index (κ3) is 22.1. The van der Waals surface area contributed by atoms with Gasteiger partial charge in [0.25, 0.3) is 0 Å². The van der Waals surface area contributed by atoms with E-state index in [-0.39, 0.29) is 76.2 Å². The van der Waals surface area contributed by atoms with Crippen LogP contribution < -0.4 is 65.5 Å². The molecule has 0 unspecified atom stereocenters. The van der Waals surface area contributed by atoms with Crippen molar-refractivity contribution in [3.05, 3.63) is 36.4 Å². The lowest BCUT2D eigenvalue weighted by Crippen LogP contribution is -2.62. The van der Waals surface area contributed by atoms with Gasteiger partial charge in [-0.25, -0.2) is 14.8 Å². The third-order valence-electron chi connectivity index (χ3n) is 14.4. The molecule has 0 aliphatic carbocycles. The lowest BCUT2D eigenvalue weighted by atomic mass is 10.0. The molecule has 89 heavy (non-hydrogen) atoms. The number of amides is 11. The van der Waals surface area contributed by atoms with Crippen LogP contribution in [0.25, 0.3) is 0 Å². The zero-order chi connectivity index (χ0) is 66.4. The average Bonchev–Trinajstić information content (AvgIpc) is 2.78. The summed E-state index contributed by atoms with van der Waals surface area (Å²) in [6.07, 6.45) is -1.40. The molecule has 2 aromatic heterocycles. The first-order valence-corrected chi connectivity index (χ1v) is 28.5. The minimum Gasteiger partial charge on any atom is -0.481 e. The molecule has 37 nitrogen and oxygen atoms in total. The van der Waals surface area contributed by atoms with Gasteiger partial charge in [-0.1, -0.05) is 0 Å². The molecule has 2 fully saturated rings. The van der Waals surface area contributed by atoms with Gasteiger partial charge in [0.05, 0.1) is 37.4 Å². The van der Waals surface area contributed by atoms with Crippen molar-refractivity contribution >= 4 is 82.9 Å². The Balaban J connectivity index is 1.51. The molecular formula is C52H81N19O18. The number of nitrogens with one attached hydrogen (secondary N) is 10. The van der Waals surface area contributed by atoms with Crippen LogP contribution in [-0.2, 0) is 75.2 Å². The molecule has 0 saturated carbocycles. The van der Waals surface area contributed by atoms with Gasteiger partial charge in [-0.2, -0.15) is 0 Å². The molecule has 0 aromatic carbocycles. The summed E-state index contributed by atoms with van der Waals surface area (Å²) in [4.78, 5) is 193. The lowest BCUT2D eigenvalue weighted by molar-refractivity contribution is -0.146. The topological polar surface area (TPSA) is 600 Å². The minimum atomic E-state index is -1.87. The van der Waals surface area contributed by atoms with Crippen LogP contribution in [0.3, 0.4) is 0 Å². The summed E-state index contributed by atoms with van der Waals surface area (Å²) >= 11 is 0. The molecule has 0 spiro atoms. The second kappa shape index (κ2) is 34.3. The fourth-order valence-corrected chi connectivity index (χ4v) is 9.59. The number of carboxylic acid groups (broad SMARTS) is 2. The summed E-state index contributed by atoms with van der Waals surface area (Å²) in [5.74, 6) is -14.4. The average molecular weight is 1260 g/mol. The zero-order valence-electron chi connectivity index (χ0n) is 49.4. The van der Waals surface area contributed by atoms with E-state index in [0.29, 0.717) is 12.1 Å². The van der Waals surface area contributed by atoms with E-state index in [0.717, 1.165) is 25.7 Å². The number of nitrogens with zero attached hydrogens (tertiary/aromatic N) is 5. The Morgan fingerprint density at radius 2 is 1.06 bits per heavy atom. The number of hydrogen-bond acceptors (Lipinski definition) is 20. The van der Waals surface area contributed by atoms with Crippen LogP contribution in [0.5, 0.6) is 0 Å². The molecule has 23 N–H and O–H groups in total. The molecule has 14 atom stereocenters. The zero-order valence-corrected chi connectivity index (χ0v) is 49.4. The number of carboxylic acids is 2. The number of guanidine groups is 1. The van der Waals surface area contributed by atoms with Crippen molar-refractivity contribution < 1.29 is 87.9 Å². The summed E-state index contributed by atoms with van der Waals surface area (Å²) in [6.45, 7) is 4.69. The van der Waals surface area contributed by atoms with Crippen LogP contribution in [0.15, 0.2) is 30.0 Å². The van der Waals surface area contributed by atoms with Crippen molar-refractivity contribution in [3.8, 4) is 0 Å². The number of aliphatic hydroxyl groups is 3. The fraction of sp³-hybridized carbons (Fsp3) is 0.615. The quantitative estimate of drug-likeness (QED) is 0.0173. The molecule has 2 saturated heterocycles. The monoisotopic (exact) mass is 1260 g/mol. The van der Waals surface area contributed by atoms with Gasteiger partial charge >= 0.3 is 11.9 Å². The Hall–Kier alpha value is -9.36. The van der Waals surface area contributed by atoms with Gasteiger partial charge in [-0.3, -0.25) is 62.5 Å². The Kier molecular flexibility index (Phi) is 27.8. The normalized spacial score (nSPS) is 18.7. The number of H-pyrrole nitrogens is 2. The van der Waals surface area contributed by atoms with Gasteiger partial charge in [0, 0.05) is 62.7 Å². The SMILES string of the molecule is C[C@H](NC(=O)[C@H](Cc1cnc[nH]1)NC(=O)[C@@H](NC(=O)[C@H](Cc1cnc[nH]1)NC(=O)[C@@H]1CCCN1C(=O)[C@@H](N)[C@@H](C)O)[C@@H](C)O)C(=O)N[C@@H](CC(N)=O)C(=O)N[C@@H](CCCN=C(N)N)C(=O)N[C@H](C(=O)N1CCC[C@H]1C(=O)N[C@@H](CCC(=O)O)C(=O)O)[C@@H](C)O. The third-order valence-corrected chi connectivity index (χ3v) is 14.4. The van der Waals surface area contributed by atoms with E-state index in [1.54, 1.807) is 0 Å². The highest BCUT2D eigenvalue weighted by molar-refractivity contribution is 6.00. The lowest BCUT2D eigenvalue weighted by Gasteiger charge is -2.31. The number of primary amides is 1. The Labute approximate surface area is 508 Å². The first-order valence-electron chi connectivity index (χ1n) is 28.5. The highest BCUT2D eigenvalue weighted by Crippen LogP contribution is 2.22. The molecule has 0 radical (unpaired) electrons. The van der Waals surface area contributed by atoms with Crippen LogP contribution in [0, 0.1) is 0 Å². The van der Waals surface area contributed by atoms with Crippen molar-refractivity contribution in [1.82, 2.24) is 72.3 Å². The predicted molar refractivity (Wildman–Crippen MR) is 306 cm³/mol. The molecule has 2 aliphatic heterocycles. The van der Waals surface area contributed by atoms with Crippen molar-refractivity contribution in [3.63, 3.8) is 0 Å². The minimum absolute atomic E-state index is 0.0214. The van der Waals surface area contributed by atoms with Crippen molar-refractivity contribution in [1.29, 1.82) is 0 Å². The van der Waals surface area contributed by atoms with Crippen LogP contribution in [-0.4, -0.2) is 243 Å². The van der Waals surface area contributed by atoms with E-state index < -0.39 is 181 Å².